The number of benzene rings is 1. The van der Waals surface area contributed by atoms with Crippen molar-refractivity contribution in [1.82, 2.24) is 0 Å². The third-order valence-electron chi connectivity index (χ3n) is 3.34. The number of anilines is 1. The molecule has 110 valence electrons. The minimum atomic E-state index is -4.54. The minimum Gasteiger partial charge on any atom is -0.396 e. The van der Waals surface area contributed by atoms with Gasteiger partial charge in [0.1, 0.15) is 0 Å². The lowest BCUT2D eigenvalue weighted by atomic mass is 9.94. The lowest BCUT2D eigenvalue weighted by molar-refractivity contribution is -0.137. The van der Waals surface area contributed by atoms with Crippen molar-refractivity contribution in [2.45, 2.75) is 38.4 Å². The molecule has 0 saturated heterocycles. The van der Waals surface area contributed by atoms with Gasteiger partial charge < -0.3 is 10.4 Å². The molecule has 0 saturated carbocycles. The van der Waals surface area contributed by atoms with E-state index >= 15 is 0 Å². The maximum Gasteiger partial charge on any atom is 0.417 e. The van der Waals surface area contributed by atoms with Crippen LogP contribution >= 0.6 is 0 Å². The first-order chi connectivity index (χ1) is 9.25. The molecule has 0 aliphatic heterocycles. The summed E-state index contributed by atoms with van der Waals surface area (Å²) in [5, 5.41) is 20.9. The van der Waals surface area contributed by atoms with Gasteiger partial charge in [-0.1, -0.05) is 6.92 Å². The number of nitrogens with one attached hydrogen (secondary N) is 1. The van der Waals surface area contributed by atoms with Crippen molar-refractivity contribution in [1.29, 1.82) is 5.26 Å². The van der Waals surface area contributed by atoms with Crippen molar-refractivity contribution in [2.75, 3.05) is 11.9 Å². The Morgan fingerprint density at radius 1 is 1.35 bits per heavy atom. The van der Waals surface area contributed by atoms with Gasteiger partial charge in [-0.15, -0.1) is 0 Å². The van der Waals surface area contributed by atoms with Crippen LogP contribution in [0.1, 0.15) is 37.8 Å². The van der Waals surface area contributed by atoms with Crippen LogP contribution in [0, 0.1) is 11.3 Å². The predicted molar refractivity (Wildman–Crippen MR) is 70.2 cm³/mol. The van der Waals surface area contributed by atoms with E-state index in [9.17, 15) is 13.2 Å². The van der Waals surface area contributed by atoms with Crippen molar-refractivity contribution in [2.24, 2.45) is 0 Å². The third kappa shape index (κ3) is 3.87. The number of alkyl halides is 3. The van der Waals surface area contributed by atoms with E-state index in [1.54, 1.807) is 6.07 Å². The van der Waals surface area contributed by atoms with Crippen LogP contribution in [0.2, 0.25) is 0 Å². The lowest BCUT2D eigenvalue weighted by Gasteiger charge is -2.30. The molecule has 1 aromatic carbocycles. The quantitative estimate of drug-likeness (QED) is 0.870. The van der Waals surface area contributed by atoms with E-state index in [4.69, 9.17) is 10.4 Å². The number of nitriles is 1. The number of hydrogen-bond donors (Lipinski definition) is 2. The molecule has 0 fully saturated rings. The summed E-state index contributed by atoms with van der Waals surface area (Å²) < 4.78 is 38.1. The van der Waals surface area contributed by atoms with Gasteiger partial charge in [-0.2, -0.15) is 18.4 Å². The normalized spacial score (nSPS) is 14.4. The molecule has 0 amide bonds. The fourth-order valence-corrected chi connectivity index (χ4v) is 1.88. The van der Waals surface area contributed by atoms with Gasteiger partial charge in [0.05, 0.1) is 17.2 Å². The highest BCUT2D eigenvalue weighted by atomic mass is 19.4. The Kier molecular flexibility index (Phi) is 5.01. The fourth-order valence-electron chi connectivity index (χ4n) is 1.88. The van der Waals surface area contributed by atoms with Crippen molar-refractivity contribution in [3.8, 4) is 6.07 Å². The van der Waals surface area contributed by atoms with E-state index in [1.807, 2.05) is 13.8 Å². The zero-order valence-corrected chi connectivity index (χ0v) is 11.4. The first kappa shape index (κ1) is 16.3. The molecular formula is C14H17F3N2O. The molecule has 6 heteroatoms. The summed E-state index contributed by atoms with van der Waals surface area (Å²) in [6, 6.07) is 4.96. The molecule has 0 aliphatic carbocycles. The van der Waals surface area contributed by atoms with E-state index in [0.717, 1.165) is 6.07 Å². The molecule has 1 atom stereocenters. The zero-order valence-electron chi connectivity index (χ0n) is 11.4. The molecule has 0 spiro atoms. The maximum absolute atomic E-state index is 12.7. The van der Waals surface area contributed by atoms with Crippen LogP contribution in [-0.2, 0) is 6.18 Å². The monoisotopic (exact) mass is 286 g/mol. The van der Waals surface area contributed by atoms with Crippen LogP contribution in [0.4, 0.5) is 18.9 Å². The van der Waals surface area contributed by atoms with Crippen molar-refractivity contribution >= 4 is 5.69 Å². The Morgan fingerprint density at radius 2 is 2.00 bits per heavy atom. The van der Waals surface area contributed by atoms with Gasteiger partial charge in [-0.3, -0.25) is 0 Å². The number of rotatable bonds is 5. The second-order valence-corrected chi connectivity index (χ2v) is 4.88. The second kappa shape index (κ2) is 6.14. The van der Waals surface area contributed by atoms with Crippen molar-refractivity contribution in [3.63, 3.8) is 0 Å². The van der Waals surface area contributed by atoms with Crippen LogP contribution in [-0.4, -0.2) is 17.3 Å². The average molecular weight is 286 g/mol. The van der Waals surface area contributed by atoms with Crippen LogP contribution in [0.25, 0.3) is 0 Å². The predicted octanol–water partition coefficient (Wildman–Crippen LogP) is 3.54. The van der Waals surface area contributed by atoms with Gasteiger partial charge in [0.15, 0.2) is 0 Å². The largest absolute Gasteiger partial charge is 0.417 e. The fraction of sp³-hybridized carbons (Fsp3) is 0.500. The zero-order chi connectivity index (χ0) is 15.4. The average Bonchev–Trinajstić information content (AvgIpc) is 2.37. The van der Waals surface area contributed by atoms with Crippen LogP contribution < -0.4 is 5.32 Å². The highest BCUT2D eigenvalue weighted by Gasteiger charge is 2.33. The Morgan fingerprint density at radius 3 is 2.45 bits per heavy atom. The summed E-state index contributed by atoms with van der Waals surface area (Å²) in [5.41, 5.74) is -1.34. The third-order valence-corrected chi connectivity index (χ3v) is 3.34. The van der Waals surface area contributed by atoms with E-state index in [2.05, 4.69) is 5.32 Å². The number of hydrogen-bond acceptors (Lipinski definition) is 3. The highest BCUT2D eigenvalue weighted by molar-refractivity contribution is 5.54. The van der Waals surface area contributed by atoms with Gasteiger partial charge in [-0.25, -0.2) is 0 Å². The van der Waals surface area contributed by atoms with Crippen LogP contribution in [0.3, 0.4) is 0 Å². The lowest BCUT2D eigenvalue weighted by Crippen LogP contribution is -2.35. The molecule has 0 bridgehead atoms. The summed E-state index contributed by atoms with van der Waals surface area (Å²) in [5.74, 6) is 0. The second-order valence-electron chi connectivity index (χ2n) is 4.88. The molecule has 0 aromatic heterocycles. The summed E-state index contributed by atoms with van der Waals surface area (Å²) in [7, 11) is 0. The van der Waals surface area contributed by atoms with Gasteiger partial charge in [0.25, 0.3) is 0 Å². The maximum atomic E-state index is 12.7. The van der Waals surface area contributed by atoms with Crippen molar-refractivity contribution in [3.05, 3.63) is 29.3 Å². The Labute approximate surface area is 116 Å². The Balaban J connectivity index is 3.09. The number of aliphatic hydroxyl groups is 1. The summed E-state index contributed by atoms with van der Waals surface area (Å²) >= 11 is 0. The molecule has 3 nitrogen and oxygen atoms in total. The van der Waals surface area contributed by atoms with Crippen LogP contribution in [0.15, 0.2) is 18.2 Å². The summed E-state index contributed by atoms with van der Waals surface area (Å²) in [6.07, 6.45) is -3.38. The molecule has 2 N–H and O–H groups in total. The minimum absolute atomic E-state index is 0.0247. The summed E-state index contributed by atoms with van der Waals surface area (Å²) in [6.45, 7) is 3.76. The van der Waals surface area contributed by atoms with E-state index in [0.29, 0.717) is 18.5 Å². The molecule has 0 radical (unpaired) electrons. The SMILES string of the molecule is CCC(C)(CCO)Nc1ccc(C(F)(F)F)c(C#N)c1. The molecule has 0 aliphatic rings. The Bertz CT molecular complexity index is 508. The van der Waals surface area contributed by atoms with Gasteiger partial charge in [-0.05, 0) is 38.0 Å². The number of halogens is 3. The highest BCUT2D eigenvalue weighted by Crippen LogP contribution is 2.33. The van der Waals surface area contributed by atoms with E-state index in [-0.39, 0.29) is 6.61 Å². The molecular weight excluding hydrogens is 269 g/mol. The van der Waals surface area contributed by atoms with Gasteiger partial charge in [0.2, 0.25) is 0 Å². The summed E-state index contributed by atoms with van der Waals surface area (Å²) in [4.78, 5) is 0. The van der Waals surface area contributed by atoms with Crippen molar-refractivity contribution < 1.29 is 18.3 Å². The van der Waals surface area contributed by atoms with E-state index in [1.165, 1.54) is 12.1 Å². The smallest absolute Gasteiger partial charge is 0.396 e. The van der Waals surface area contributed by atoms with Gasteiger partial charge >= 0.3 is 6.18 Å². The van der Waals surface area contributed by atoms with Crippen LogP contribution in [0.5, 0.6) is 0 Å². The molecule has 20 heavy (non-hydrogen) atoms. The number of aliphatic hydroxyl groups excluding tert-OH is 1. The topological polar surface area (TPSA) is 56.0 Å². The van der Waals surface area contributed by atoms with Gasteiger partial charge in [0, 0.05) is 17.8 Å². The molecule has 0 heterocycles. The first-order valence-electron chi connectivity index (χ1n) is 6.26. The molecule has 1 rings (SSSR count). The standard InChI is InChI=1S/C14H17F3N2O/c1-3-13(2,6-7-20)19-11-4-5-12(14(15,16)17)10(8-11)9-18/h4-5,8,19-20H,3,6-7H2,1-2H3. The number of nitrogens with zero attached hydrogens (tertiary/aromatic N) is 1. The first-order valence-corrected chi connectivity index (χ1v) is 6.26. The van der Waals surface area contributed by atoms with E-state index < -0.39 is 22.8 Å². The molecule has 1 aromatic rings. The molecule has 1 unspecified atom stereocenters. The Hall–Kier alpha value is -1.74.